The van der Waals surface area contributed by atoms with Gasteiger partial charge in [-0.1, -0.05) is 12.1 Å². The number of halogens is 1. The van der Waals surface area contributed by atoms with Crippen molar-refractivity contribution in [1.82, 2.24) is 4.90 Å². The third kappa shape index (κ3) is 4.68. The Bertz CT molecular complexity index is 555. The van der Waals surface area contributed by atoms with Gasteiger partial charge in [0.05, 0.1) is 12.5 Å². The third-order valence-electron chi connectivity index (χ3n) is 4.32. The van der Waals surface area contributed by atoms with Crippen LogP contribution in [0.15, 0.2) is 24.3 Å². The molecule has 1 aromatic rings. The Morgan fingerprint density at radius 2 is 1.83 bits per heavy atom. The van der Waals surface area contributed by atoms with E-state index in [1.54, 1.807) is 30.1 Å². The molecule has 0 aromatic heterocycles. The fourth-order valence-electron chi connectivity index (χ4n) is 2.86. The first kappa shape index (κ1) is 17.2. The van der Waals surface area contributed by atoms with Gasteiger partial charge in [-0.3, -0.25) is 9.59 Å². The number of aliphatic carboxylic acids is 1. The molecule has 0 bridgehead atoms. The van der Waals surface area contributed by atoms with Crippen molar-refractivity contribution in [2.75, 3.05) is 20.2 Å². The number of likely N-dealkylation sites (N-methyl/N-ethyl adjacent to an activating group) is 1. The summed E-state index contributed by atoms with van der Waals surface area (Å²) in [4.78, 5) is 24.8. The van der Waals surface area contributed by atoms with E-state index in [0.29, 0.717) is 32.2 Å². The minimum atomic E-state index is -0.775. The lowest BCUT2D eigenvalue weighted by Crippen LogP contribution is -2.38. The molecule has 0 atom stereocenters. The van der Waals surface area contributed by atoms with Crippen molar-refractivity contribution < 1.29 is 23.8 Å². The molecule has 0 saturated heterocycles. The number of rotatable bonds is 6. The van der Waals surface area contributed by atoms with E-state index in [-0.39, 0.29) is 30.1 Å². The van der Waals surface area contributed by atoms with Crippen LogP contribution in [0.2, 0.25) is 0 Å². The van der Waals surface area contributed by atoms with Crippen molar-refractivity contribution in [3.05, 3.63) is 30.1 Å². The van der Waals surface area contributed by atoms with Crippen LogP contribution in [0.4, 0.5) is 4.39 Å². The molecule has 6 heteroatoms. The number of carboxylic acids is 1. The minimum absolute atomic E-state index is 0.00553. The standard InChI is InChI=1S/C17H22FNO4/c1-19(10-11-23-15-5-3-2-4-14(15)18)16(20)12-6-8-13(9-7-12)17(21)22/h2-5,12-13H,6-11H2,1H3,(H,21,22). The van der Waals surface area contributed by atoms with Gasteiger partial charge in [-0.25, -0.2) is 4.39 Å². The third-order valence-corrected chi connectivity index (χ3v) is 4.32. The molecule has 1 aromatic carbocycles. The van der Waals surface area contributed by atoms with Gasteiger partial charge in [-0.05, 0) is 37.8 Å². The molecular weight excluding hydrogens is 301 g/mol. The van der Waals surface area contributed by atoms with Gasteiger partial charge in [0.1, 0.15) is 6.61 Å². The highest BCUT2D eigenvalue weighted by molar-refractivity contribution is 5.79. The van der Waals surface area contributed by atoms with Gasteiger partial charge < -0.3 is 14.7 Å². The van der Waals surface area contributed by atoms with Gasteiger partial charge in [0.15, 0.2) is 11.6 Å². The van der Waals surface area contributed by atoms with E-state index in [1.807, 2.05) is 0 Å². The van der Waals surface area contributed by atoms with Crippen LogP contribution in [0.3, 0.4) is 0 Å². The number of benzene rings is 1. The van der Waals surface area contributed by atoms with Crippen LogP contribution >= 0.6 is 0 Å². The van der Waals surface area contributed by atoms with Gasteiger partial charge in [0, 0.05) is 13.0 Å². The Hall–Kier alpha value is -2.11. The molecule has 0 heterocycles. The second-order valence-corrected chi connectivity index (χ2v) is 5.93. The summed E-state index contributed by atoms with van der Waals surface area (Å²) in [6.07, 6.45) is 2.30. The first-order valence-corrected chi connectivity index (χ1v) is 7.84. The predicted molar refractivity (Wildman–Crippen MR) is 82.6 cm³/mol. The Balaban J connectivity index is 1.75. The molecule has 23 heavy (non-hydrogen) atoms. The van der Waals surface area contributed by atoms with Crippen LogP contribution in [0.5, 0.6) is 5.75 Å². The van der Waals surface area contributed by atoms with Crippen molar-refractivity contribution >= 4 is 11.9 Å². The fraction of sp³-hybridized carbons (Fsp3) is 0.529. The summed E-state index contributed by atoms with van der Waals surface area (Å²) >= 11 is 0. The first-order valence-electron chi connectivity index (χ1n) is 7.84. The molecule has 1 fully saturated rings. The Kier molecular flexibility index (Phi) is 5.96. The molecule has 2 rings (SSSR count). The van der Waals surface area contributed by atoms with Crippen LogP contribution in [-0.2, 0) is 9.59 Å². The number of carbonyl (C=O) groups excluding carboxylic acids is 1. The van der Waals surface area contributed by atoms with E-state index in [0.717, 1.165) is 0 Å². The van der Waals surface area contributed by atoms with Crippen molar-refractivity contribution in [1.29, 1.82) is 0 Å². The van der Waals surface area contributed by atoms with Crippen LogP contribution in [0.25, 0.3) is 0 Å². The van der Waals surface area contributed by atoms with E-state index in [1.165, 1.54) is 6.07 Å². The van der Waals surface area contributed by atoms with E-state index in [9.17, 15) is 14.0 Å². The Morgan fingerprint density at radius 3 is 2.43 bits per heavy atom. The molecule has 1 amide bonds. The van der Waals surface area contributed by atoms with E-state index >= 15 is 0 Å². The van der Waals surface area contributed by atoms with Gasteiger partial charge in [0.25, 0.3) is 0 Å². The largest absolute Gasteiger partial charge is 0.489 e. The topological polar surface area (TPSA) is 66.8 Å². The minimum Gasteiger partial charge on any atom is -0.489 e. The molecule has 1 aliphatic carbocycles. The smallest absolute Gasteiger partial charge is 0.306 e. The molecule has 5 nitrogen and oxygen atoms in total. The fourth-order valence-corrected chi connectivity index (χ4v) is 2.86. The number of hydrogen-bond donors (Lipinski definition) is 1. The quantitative estimate of drug-likeness (QED) is 0.874. The number of nitrogens with zero attached hydrogens (tertiary/aromatic N) is 1. The highest BCUT2D eigenvalue weighted by Crippen LogP contribution is 2.30. The summed E-state index contributed by atoms with van der Waals surface area (Å²) in [5.41, 5.74) is 0. The lowest BCUT2D eigenvalue weighted by Gasteiger charge is -2.28. The zero-order valence-corrected chi connectivity index (χ0v) is 13.2. The zero-order chi connectivity index (χ0) is 16.8. The molecule has 1 N–H and O–H groups in total. The summed E-state index contributed by atoms with van der Waals surface area (Å²) in [6, 6.07) is 6.15. The van der Waals surface area contributed by atoms with Crippen molar-refractivity contribution in [3.63, 3.8) is 0 Å². The zero-order valence-electron chi connectivity index (χ0n) is 13.2. The summed E-state index contributed by atoms with van der Waals surface area (Å²) in [5.74, 6) is -1.46. The van der Waals surface area contributed by atoms with Crippen LogP contribution < -0.4 is 4.74 Å². The number of hydrogen-bond acceptors (Lipinski definition) is 3. The van der Waals surface area contributed by atoms with Gasteiger partial charge in [-0.15, -0.1) is 0 Å². The van der Waals surface area contributed by atoms with Crippen molar-refractivity contribution in [2.45, 2.75) is 25.7 Å². The van der Waals surface area contributed by atoms with Crippen molar-refractivity contribution in [2.24, 2.45) is 11.8 Å². The Morgan fingerprint density at radius 1 is 1.22 bits per heavy atom. The molecule has 1 aliphatic rings. The summed E-state index contributed by atoms with van der Waals surface area (Å²) in [5, 5.41) is 8.98. The predicted octanol–water partition coefficient (Wildman–Crippen LogP) is 2.55. The second kappa shape index (κ2) is 7.94. The number of carbonyl (C=O) groups is 2. The monoisotopic (exact) mass is 323 g/mol. The number of para-hydroxylation sites is 1. The maximum absolute atomic E-state index is 13.4. The maximum atomic E-state index is 13.4. The van der Waals surface area contributed by atoms with Crippen LogP contribution in [-0.4, -0.2) is 42.1 Å². The highest BCUT2D eigenvalue weighted by Gasteiger charge is 2.31. The molecule has 0 unspecified atom stereocenters. The highest BCUT2D eigenvalue weighted by atomic mass is 19.1. The maximum Gasteiger partial charge on any atom is 0.306 e. The summed E-state index contributed by atoms with van der Waals surface area (Å²) in [6.45, 7) is 0.583. The molecule has 0 radical (unpaired) electrons. The van der Waals surface area contributed by atoms with Gasteiger partial charge in [0.2, 0.25) is 5.91 Å². The van der Waals surface area contributed by atoms with E-state index < -0.39 is 11.8 Å². The van der Waals surface area contributed by atoms with Crippen LogP contribution in [0.1, 0.15) is 25.7 Å². The number of amides is 1. The first-order chi connectivity index (χ1) is 11.0. The number of ether oxygens (including phenoxy) is 1. The lowest BCUT2D eigenvalue weighted by molar-refractivity contribution is -0.145. The SMILES string of the molecule is CN(CCOc1ccccc1F)C(=O)C1CCC(C(=O)O)CC1. The summed E-state index contributed by atoms with van der Waals surface area (Å²) in [7, 11) is 1.69. The van der Waals surface area contributed by atoms with E-state index in [4.69, 9.17) is 9.84 Å². The lowest BCUT2D eigenvalue weighted by atomic mass is 9.81. The second-order valence-electron chi connectivity index (χ2n) is 5.93. The van der Waals surface area contributed by atoms with E-state index in [2.05, 4.69) is 0 Å². The molecular formula is C17H22FNO4. The molecule has 0 spiro atoms. The molecule has 0 aliphatic heterocycles. The number of carboxylic acid groups (broad SMARTS) is 1. The van der Waals surface area contributed by atoms with Crippen LogP contribution in [0, 0.1) is 17.7 Å². The molecule has 1 saturated carbocycles. The molecule has 126 valence electrons. The average molecular weight is 323 g/mol. The Labute approximate surface area is 135 Å². The van der Waals surface area contributed by atoms with Gasteiger partial charge >= 0.3 is 5.97 Å². The van der Waals surface area contributed by atoms with Gasteiger partial charge in [-0.2, -0.15) is 0 Å². The van der Waals surface area contributed by atoms with Crippen molar-refractivity contribution in [3.8, 4) is 5.75 Å². The normalized spacial score (nSPS) is 20.8. The summed E-state index contributed by atoms with van der Waals surface area (Å²) < 4.78 is 18.8. The average Bonchev–Trinajstić information content (AvgIpc) is 2.56.